The fourth-order valence-corrected chi connectivity index (χ4v) is 1.90. The van der Waals surface area contributed by atoms with Crippen molar-refractivity contribution in [1.82, 2.24) is 0 Å². The Morgan fingerprint density at radius 3 is 2.75 bits per heavy atom. The molecule has 1 aromatic heterocycles. The molecule has 1 heterocycles. The number of furan rings is 1. The van der Waals surface area contributed by atoms with Gasteiger partial charge in [-0.3, -0.25) is 0 Å². The van der Waals surface area contributed by atoms with Crippen LogP contribution in [0.2, 0.25) is 0 Å². The summed E-state index contributed by atoms with van der Waals surface area (Å²) in [7, 11) is 2.86. The van der Waals surface area contributed by atoms with Crippen molar-refractivity contribution < 1.29 is 28.3 Å². The molecule has 0 radical (unpaired) electrons. The summed E-state index contributed by atoms with van der Waals surface area (Å²) in [5, 5.41) is 3.86. The number of ether oxygens (including phenoxy) is 3. The van der Waals surface area contributed by atoms with E-state index in [1.54, 1.807) is 31.5 Å². The van der Waals surface area contributed by atoms with Crippen LogP contribution < -0.4 is 9.47 Å². The van der Waals surface area contributed by atoms with Crippen LogP contribution in [0.4, 0.5) is 0 Å². The van der Waals surface area contributed by atoms with Crippen molar-refractivity contribution in [3.05, 3.63) is 47.4 Å². The first-order chi connectivity index (χ1) is 11.7. The smallest absolute Gasteiger partial charge is 0.373 e. The number of carbonyl (C=O) groups is 1. The number of benzene rings is 1. The molecule has 1 aromatic carbocycles. The quantitative estimate of drug-likeness (QED) is 0.420. The first-order valence-corrected chi connectivity index (χ1v) is 7.31. The lowest BCUT2D eigenvalue weighted by molar-refractivity contribution is 0.0553. The molecule has 0 saturated heterocycles. The van der Waals surface area contributed by atoms with Gasteiger partial charge in [-0.15, -0.1) is 0 Å². The van der Waals surface area contributed by atoms with Crippen molar-refractivity contribution in [1.29, 1.82) is 0 Å². The lowest BCUT2D eigenvalue weighted by Crippen LogP contribution is -1.98. The Kier molecular flexibility index (Phi) is 6.24. The molecule has 0 fully saturated rings. The Bertz CT molecular complexity index is 707. The molecule has 0 aliphatic carbocycles. The van der Waals surface area contributed by atoms with Gasteiger partial charge in [-0.1, -0.05) is 5.16 Å². The maximum absolute atomic E-state index is 11.3. The highest BCUT2D eigenvalue weighted by molar-refractivity contribution is 5.86. The molecule has 2 rings (SSSR count). The molecule has 2 aromatic rings. The van der Waals surface area contributed by atoms with Crippen LogP contribution in [0.3, 0.4) is 0 Å². The van der Waals surface area contributed by atoms with Gasteiger partial charge in [-0.05, 0) is 37.3 Å². The first-order valence-electron chi connectivity index (χ1n) is 7.31. The van der Waals surface area contributed by atoms with E-state index >= 15 is 0 Å². The second-order valence-electron chi connectivity index (χ2n) is 4.61. The number of esters is 1. The highest BCUT2D eigenvalue weighted by Gasteiger charge is 2.11. The van der Waals surface area contributed by atoms with Gasteiger partial charge >= 0.3 is 5.97 Å². The Morgan fingerprint density at radius 1 is 1.21 bits per heavy atom. The van der Waals surface area contributed by atoms with Gasteiger partial charge in [0.05, 0.1) is 27.0 Å². The van der Waals surface area contributed by atoms with E-state index in [1.165, 1.54) is 13.2 Å². The van der Waals surface area contributed by atoms with Crippen molar-refractivity contribution in [2.24, 2.45) is 5.16 Å². The fraction of sp³-hybridized carbons (Fsp3) is 0.294. The third kappa shape index (κ3) is 4.52. The molecule has 0 unspecified atom stereocenters. The molecule has 24 heavy (non-hydrogen) atoms. The van der Waals surface area contributed by atoms with Crippen molar-refractivity contribution >= 4 is 12.2 Å². The van der Waals surface area contributed by atoms with Crippen LogP contribution in [0.15, 0.2) is 39.9 Å². The molecule has 7 nitrogen and oxygen atoms in total. The van der Waals surface area contributed by atoms with Gasteiger partial charge in [0.2, 0.25) is 5.76 Å². The van der Waals surface area contributed by atoms with Gasteiger partial charge in [0.25, 0.3) is 0 Å². The summed E-state index contributed by atoms with van der Waals surface area (Å²) >= 11 is 0. The minimum Gasteiger partial charge on any atom is -0.493 e. The Labute approximate surface area is 139 Å². The summed E-state index contributed by atoms with van der Waals surface area (Å²) in [5.41, 5.74) is 0.796. The summed E-state index contributed by atoms with van der Waals surface area (Å²) in [6.45, 7) is 2.56. The highest BCUT2D eigenvalue weighted by atomic mass is 16.6. The van der Waals surface area contributed by atoms with E-state index in [0.717, 1.165) is 5.56 Å². The van der Waals surface area contributed by atoms with E-state index in [4.69, 9.17) is 18.7 Å². The van der Waals surface area contributed by atoms with Crippen molar-refractivity contribution in [3.8, 4) is 11.5 Å². The summed E-state index contributed by atoms with van der Waals surface area (Å²) in [6, 6.07) is 8.58. The van der Waals surface area contributed by atoms with E-state index in [2.05, 4.69) is 9.89 Å². The van der Waals surface area contributed by atoms with Gasteiger partial charge in [-0.25, -0.2) is 4.79 Å². The largest absolute Gasteiger partial charge is 0.493 e. The number of rotatable bonds is 8. The van der Waals surface area contributed by atoms with Gasteiger partial charge in [0, 0.05) is 5.56 Å². The van der Waals surface area contributed by atoms with Crippen LogP contribution in [-0.4, -0.2) is 33.0 Å². The zero-order valence-corrected chi connectivity index (χ0v) is 13.8. The lowest BCUT2D eigenvalue weighted by atomic mass is 10.2. The standard InChI is InChI=1S/C17H19NO6/c1-4-22-14-7-5-12(9-16(14)20-2)10-18-23-11-13-6-8-15(24-13)17(19)21-3/h5-10H,4,11H2,1-3H3/b18-10-. The van der Waals surface area contributed by atoms with E-state index in [9.17, 15) is 4.79 Å². The zero-order valence-electron chi connectivity index (χ0n) is 13.8. The third-order valence-corrected chi connectivity index (χ3v) is 3.02. The normalized spacial score (nSPS) is 10.6. The Hall–Kier alpha value is -2.96. The maximum Gasteiger partial charge on any atom is 0.373 e. The number of hydrogen-bond donors (Lipinski definition) is 0. The summed E-state index contributed by atoms with van der Waals surface area (Å²) < 4.78 is 20.5. The van der Waals surface area contributed by atoms with Crippen molar-refractivity contribution in [2.45, 2.75) is 13.5 Å². The molecule has 0 amide bonds. The van der Waals surface area contributed by atoms with E-state index in [1.807, 2.05) is 13.0 Å². The van der Waals surface area contributed by atoms with E-state index in [-0.39, 0.29) is 12.4 Å². The number of hydrogen-bond acceptors (Lipinski definition) is 7. The molecule has 7 heteroatoms. The van der Waals surface area contributed by atoms with Crippen LogP contribution in [0, 0.1) is 0 Å². The maximum atomic E-state index is 11.3. The minimum absolute atomic E-state index is 0.0989. The highest BCUT2D eigenvalue weighted by Crippen LogP contribution is 2.27. The first kappa shape index (κ1) is 17.4. The summed E-state index contributed by atoms with van der Waals surface area (Å²) in [4.78, 5) is 16.4. The monoisotopic (exact) mass is 333 g/mol. The molecular weight excluding hydrogens is 314 g/mol. The predicted octanol–water partition coefficient (Wildman–Crippen LogP) is 3.02. The van der Waals surface area contributed by atoms with Crippen LogP contribution in [0.5, 0.6) is 11.5 Å². The summed E-state index contributed by atoms with van der Waals surface area (Å²) in [6.07, 6.45) is 1.54. The van der Waals surface area contributed by atoms with Crippen LogP contribution in [0.1, 0.15) is 28.8 Å². The third-order valence-electron chi connectivity index (χ3n) is 3.02. The zero-order chi connectivity index (χ0) is 17.4. The van der Waals surface area contributed by atoms with Gasteiger partial charge in [-0.2, -0.15) is 0 Å². The topological polar surface area (TPSA) is 79.5 Å². The number of carbonyl (C=O) groups excluding carboxylic acids is 1. The Balaban J connectivity index is 1.92. The van der Waals surface area contributed by atoms with Crippen LogP contribution in [-0.2, 0) is 16.2 Å². The molecule has 0 spiro atoms. The average Bonchev–Trinajstić information content (AvgIpc) is 3.08. The van der Waals surface area contributed by atoms with Crippen LogP contribution >= 0.6 is 0 Å². The minimum atomic E-state index is -0.536. The molecule has 0 aliphatic rings. The molecule has 0 atom stereocenters. The molecule has 0 aliphatic heterocycles. The van der Waals surface area contributed by atoms with Crippen LogP contribution in [0.25, 0.3) is 0 Å². The molecule has 0 bridgehead atoms. The molecule has 0 N–H and O–H groups in total. The number of methoxy groups -OCH3 is 2. The molecule has 0 saturated carbocycles. The van der Waals surface area contributed by atoms with Crippen molar-refractivity contribution in [3.63, 3.8) is 0 Å². The SMILES string of the molecule is CCOc1ccc(/C=N\OCc2ccc(C(=O)OC)o2)cc1OC. The average molecular weight is 333 g/mol. The van der Waals surface area contributed by atoms with Gasteiger partial charge in [0.15, 0.2) is 18.1 Å². The predicted molar refractivity (Wildman–Crippen MR) is 86.6 cm³/mol. The van der Waals surface area contributed by atoms with Crippen molar-refractivity contribution in [2.75, 3.05) is 20.8 Å². The van der Waals surface area contributed by atoms with E-state index in [0.29, 0.717) is 23.9 Å². The van der Waals surface area contributed by atoms with E-state index < -0.39 is 5.97 Å². The molecule has 128 valence electrons. The Morgan fingerprint density at radius 2 is 2.04 bits per heavy atom. The fourth-order valence-electron chi connectivity index (χ4n) is 1.90. The lowest BCUT2D eigenvalue weighted by Gasteiger charge is -2.09. The van der Waals surface area contributed by atoms with Gasteiger partial charge < -0.3 is 23.5 Å². The second kappa shape index (κ2) is 8.61. The van der Waals surface area contributed by atoms with Gasteiger partial charge in [0.1, 0.15) is 5.76 Å². The number of oxime groups is 1. The number of nitrogens with zero attached hydrogens (tertiary/aromatic N) is 1. The summed E-state index contributed by atoms with van der Waals surface area (Å²) in [5.74, 6) is 1.35. The second-order valence-corrected chi connectivity index (χ2v) is 4.61. The molecular formula is C17H19NO6.